The molecule has 0 bridgehead atoms. The first-order valence-corrected chi connectivity index (χ1v) is 5.86. The summed E-state index contributed by atoms with van der Waals surface area (Å²) in [6.45, 7) is 1.13. The first-order valence-electron chi connectivity index (χ1n) is 5.49. The molecule has 1 N–H and O–H groups in total. The second-order valence-electron chi connectivity index (χ2n) is 3.74. The lowest BCUT2D eigenvalue weighted by Gasteiger charge is -2.12. The Balaban J connectivity index is 3.35. The third-order valence-corrected chi connectivity index (χ3v) is 2.73. The van der Waals surface area contributed by atoms with Crippen LogP contribution in [-0.2, 0) is 14.3 Å². The van der Waals surface area contributed by atoms with Crippen LogP contribution in [0, 0.1) is 23.4 Å². The number of carboxylic acids is 1. The van der Waals surface area contributed by atoms with Crippen molar-refractivity contribution in [2.75, 3.05) is 6.61 Å². The Labute approximate surface area is 121 Å². The molecule has 0 spiro atoms. The normalized spacial score (nSPS) is 11.9. The van der Waals surface area contributed by atoms with Crippen LogP contribution in [0.2, 0.25) is 5.02 Å². The fourth-order valence-electron chi connectivity index (χ4n) is 1.45. The average Bonchev–Trinajstić information content (AvgIpc) is 2.40. The Kier molecular flexibility index (Phi) is 5.31. The minimum Gasteiger partial charge on any atom is -0.480 e. The maximum atomic E-state index is 13.7. The number of hydrogen-bond acceptors (Lipinski definition) is 4. The lowest BCUT2D eigenvalue weighted by molar-refractivity contribution is -0.155. The summed E-state index contributed by atoms with van der Waals surface area (Å²) in [5.41, 5.74) is -1.15. The van der Waals surface area contributed by atoms with Crippen LogP contribution in [0.1, 0.15) is 17.3 Å². The molecule has 1 atom stereocenters. The summed E-state index contributed by atoms with van der Waals surface area (Å²) < 4.78 is 44.2. The molecule has 5 nitrogen and oxygen atoms in total. The summed E-state index contributed by atoms with van der Waals surface area (Å²) in [5, 5.41) is 7.53. The molecule has 1 aromatic carbocycles. The lowest BCUT2D eigenvalue weighted by Crippen LogP contribution is -2.34. The number of esters is 1. The van der Waals surface area contributed by atoms with Crippen LogP contribution in [0.5, 0.6) is 0 Å². The minimum atomic E-state index is -2.40. The monoisotopic (exact) mass is 324 g/mol. The molecular formula is C12H8ClF3O5. The number of carbonyl (C=O) groups excluding carboxylic acids is 2. The van der Waals surface area contributed by atoms with Crippen molar-refractivity contribution in [1.82, 2.24) is 0 Å². The Hall–Kier alpha value is -2.09. The molecule has 9 heteroatoms. The molecule has 0 heterocycles. The van der Waals surface area contributed by atoms with Crippen LogP contribution in [0.15, 0.2) is 6.07 Å². The standard InChI is InChI=1S/C12H8ClF3O5/c1-2-21-12(20)6(11(18)19)10(17)4-3-5(14)9(16)7(13)8(4)15/h3,6H,2H2,1H3,(H,18,19). The summed E-state index contributed by atoms with van der Waals surface area (Å²) in [7, 11) is 0. The molecule has 0 saturated carbocycles. The molecule has 114 valence electrons. The van der Waals surface area contributed by atoms with Crippen LogP contribution >= 0.6 is 11.6 Å². The Morgan fingerprint density at radius 2 is 1.86 bits per heavy atom. The maximum Gasteiger partial charge on any atom is 0.328 e. The van der Waals surface area contributed by atoms with Crippen LogP contribution < -0.4 is 0 Å². The van der Waals surface area contributed by atoms with Gasteiger partial charge < -0.3 is 9.84 Å². The number of ketones is 1. The number of halogens is 4. The summed E-state index contributed by atoms with van der Waals surface area (Å²) in [5.74, 6) is -12.4. The highest BCUT2D eigenvalue weighted by Crippen LogP contribution is 2.26. The summed E-state index contributed by atoms with van der Waals surface area (Å²) >= 11 is 5.15. The summed E-state index contributed by atoms with van der Waals surface area (Å²) in [6.07, 6.45) is 0. The van der Waals surface area contributed by atoms with E-state index in [1.807, 2.05) is 0 Å². The second kappa shape index (κ2) is 6.57. The van der Waals surface area contributed by atoms with E-state index in [9.17, 15) is 27.6 Å². The molecule has 1 rings (SSSR count). The molecule has 1 unspecified atom stereocenters. The molecule has 0 saturated heterocycles. The largest absolute Gasteiger partial charge is 0.480 e. The van der Waals surface area contributed by atoms with Gasteiger partial charge in [-0.1, -0.05) is 11.6 Å². The van der Waals surface area contributed by atoms with Crippen molar-refractivity contribution in [1.29, 1.82) is 0 Å². The number of benzene rings is 1. The van der Waals surface area contributed by atoms with Crippen molar-refractivity contribution in [2.24, 2.45) is 5.92 Å². The fraction of sp³-hybridized carbons (Fsp3) is 0.250. The van der Waals surface area contributed by atoms with Gasteiger partial charge in [0.15, 0.2) is 23.2 Å². The van der Waals surface area contributed by atoms with Crippen LogP contribution in [-0.4, -0.2) is 29.4 Å². The van der Waals surface area contributed by atoms with E-state index < -0.39 is 51.7 Å². The quantitative estimate of drug-likeness (QED) is 0.295. The lowest BCUT2D eigenvalue weighted by atomic mass is 9.97. The van der Waals surface area contributed by atoms with E-state index in [-0.39, 0.29) is 12.7 Å². The molecule has 0 radical (unpaired) electrons. The Morgan fingerprint density at radius 1 is 1.29 bits per heavy atom. The van der Waals surface area contributed by atoms with E-state index in [4.69, 9.17) is 16.7 Å². The van der Waals surface area contributed by atoms with Crippen molar-refractivity contribution in [2.45, 2.75) is 6.92 Å². The van der Waals surface area contributed by atoms with Crippen LogP contribution in [0.25, 0.3) is 0 Å². The van der Waals surface area contributed by atoms with Crippen molar-refractivity contribution in [3.8, 4) is 0 Å². The van der Waals surface area contributed by atoms with Gasteiger partial charge >= 0.3 is 11.9 Å². The third kappa shape index (κ3) is 3.33. The molecule has 0 aliphatic rings. The van der Waals surface area contributed by atoms with E-state index in [0.717, 1.165) is 0 Å². The van der Waals surface area contributed by atoms with Crippen LogP contribution in [0.3, 0.4) is 0 Å². The number of rotatable bonds is 5. The SMILES string of the molecule is CCOC(=O)C(C(=O)O)C(=O)c1cc(F)c(F)c(Cl)c1F. The third-order valence-electron chi connectivity index (χ3n) is 2.40. The molecule has 21 heavy (non-hydrogen) atoms. The maximum absolute atomic E-state index is 13.7. The van der Waals surface area contributed by atoms with Gasteiger partial charge in [-0.25, -0.2) is 13.2 Å². The van der Waals surface area contributed by atoms with E-state index >= 15 is 0 Å². The smallest absolute Gasteiger partial charge is 0.328 e. The van der Waals surface area contributed by atoms with Gasteiger partial charge in [-0.3, -0.25) is 14.4 Å². The van der Waals surface area contributed by atoms with E-state index in [2.05, 4.69) is 4.74 Å². The van der Waals surface area contributed by atoms with Gasteiger partial charge in [0.1, 0.15) is 5.02 Å². The molecule has 0 amide bonds. The van der Waals surface area contributed by atoms with E-state index in [1.54, 1.807) is 0 Å². The second-order valence-corrected chi connectivity index (χ2v) is 4.11. The van der Waals surface area contributed by atoms with Crippen molar-refractivity contribution < 1.29 is 37.4 Å². The highest BCUT2D eigenvalue weighted by molar-refractivity contribution is 6.31. The highest BCUT2D eigenvalue weighted by Gasteiger charge is 2.38. The van der Waals surface area contributed by atoms with Gasteiger partial charge in [-0.05, 0) is 13.0 Å². The first kappa shape index (κ1) is 17.0. The Bertz CT molecular complexity index is 617. The zero-order valence-electron chi connectivity index (χ0n) is 10.5. The van der Waals surface area contributed by atoms with Gasteiger partial charge in [0.25, 0.3) is 0 Å². The van der Waals surface area contributed by atoms with E-state index in [0.29, 0.717) is 0 Å². The fourth-order valence-corrected chi connectivity index (χ4v) is 1.65. The zero-order valence-corrected chi connectivity index (χ0v) is 11.2. The molecule has 0 aromatic heterocycles. The number of Topliss-reactive ketones (excluding diaryl/α,β-unsaturated/α-hetero) is 1. The minimum absolute atomic E-state index is 0.133. The Morgan fingerprint density at radius 3 is 2.33 bits per heavy atom. The van der Waals surface area contributed by atoms with Gasteiger partial charge in [0.05, 0.1) is 12.2 Å². The van der Waals surface area contributed by atoms with Crippen molar-refractivity contribution in [3.63, 3.8) is 0 Å². The number of aliphatic carboxylic acids is 1. The number of carboxylic acid groups (broad SMARTS) is 1. The molecule has 0 aliphatic carbocycles. The molecular weight excluding hydrogens is 317 g/mol. The number of hydrogen-bond donors (Lipinski definition) is 1. The molecule has 0 aliphatic heterocycles. The van der Waals surface area contributed by atoms with Crippen molar-refractivity contribution in [3.05, 3.63) is 34.1 Å². The van der Waals surface area contributed by atoms with Gasteiger partial charge in [0, 0.05) is 0 Å². The molecule has 0 fully saturated rings. The molecule has 1 aromatic rings. The number of carbonyl (C=O) groups is 3. The summed E-state index contributed by atoms with van der Waals surface area (Å²) in [6, 6.07) is 0.133. The predicted octanol–water partition coefficient (Wildman–Crippen LogP) is 2.20. The van der Waals surface area contributed by atoms with Crippen molar-refractivity contribution >= 4 is 29.3 Å². The number of ether oxygens (including phenoxy) is 1. The topological polar surface area (TPSA) is 80.7 Å². The predicted molar refractivity (Wildman–Crippen MR) is 63.4 cm³/mol. The van der Waals surface area contributed by atoms with Gasteiger partial charge in [-0.2, -0.15) is 0 Å². The highest BCUT2D eigenvalue weighted by atomic mass is 35.5. The van der Waals surface area contributed by atoms with Gasteiger partial charge in [0.2, 0.25) is 5.92 Å². The van der Waals surface area contributed by atoms with E-state index in [1.165, 1.54) is 6.92 Å². The van der Waals surface area contributed by atoms with Gasteiger partial charge in [-0.15, -0.1) is 0 Å². The first-order chi connectivity index (χ1) is 9.72. The summed E-state index contributed by atoms with van der Waals surface area (Å²) in [4.78, 5) is 34.2. The zero-order chi connectivity index (χ0) is 16.3. The average molecular weight is 325 g/mol. The van der Waals surface area contributed by atoms with Crippen LogP contribution in [0.4, 0.5) is 13.2 Å².